The SMILES string of the molecule is CCC(CC#N)NCc1ccccc1NC(C)=O. The topological polar surface area (TPSA) is 64.9 Å². The molecular weight excluding hydrogens is 226 g/mol. The summed E-state index contributed by atoms with van der Waals surface area (Å²) in [5.41, 5.74) is 1.86. The molecule has 0 saturated heterocycles. The van der Waals surface area contributed by atoms with Gasteiger partial charge >= 0.3 is 0 Å². The van der Waals surface area contributed by atoms with E-state index in [0.717, 1.165) is 17.7 Å². The van der Waals surface area contributed by atoms with Gasteiger partial charge in [0, 0.05) is 25.2 Å². The third-order valence-corrected chi connectivity index (χ3v) is 2.74. The van der Waals surface area contributed by atoms with Gasteiger partial charge in [-0.25, -0.2) is 0 Å². The number of nitrogens with one attached hydrogen (secondary N) is 2. The van der Waals surface area contributed by atoms with Crippen LogP contribution in [0.5, 0.6) is 0 Å². The second-order valence-corrected chi connectivity index (χ2v) is 4.19. The number of rotatable bonds is 6. The van der Waals surface area contributed by atoms with Crippen molar-refractivity contribution in [3.05, 3.63) is 29.8 Å². The van der Waals surface area contributed by atoms with Gasteiger partial charge in [0.15, 0.2) is 0 Å². The number of carbonyl (C=O) groups excluding carboxylic acids is 1. The molecule has 18 heavy (non-hydrogen) atoms. The molecule has 1 aromatic carbocycles. The summed E-state index contributed by atoms with van der Waals surface area (Å²) in [7, 11) is 0. The minimum Gasteiger partial charge on any atom is -0.326 e. The van der Waals surface area contributed by atoms with E-state index in [9.17, 15) is 4.79 Å². The Labute approximate surface area is 108 Å². The van der Waals surface area contributed by atoms with Crippen molar-refractivity contribution in [2.24, 2.45) is 0 Å². The molecule has 1 atom stereocenters. The van der Waals surface area contributed by atoms with Crippen LogP contribution in [-0.4, -0.2) is 11.9 Å². The van der Waals surface area contributed by atoms with Gasteiger partial charge in [-0.3, -0.25) is 4.79 Å². The molecule has 4 nitrogen and oxygen atoms in total. The monoisotopic (exact) mass is 245 g/mol. The number of nitrogens with zero attached hydrogens (tertiary/aromatic N) is 1. The van der Waals surface area contributed by atoms with Crippen LogP contribution in [0.3, 0.4) is 0 Å². The highest BCUT2D eigenvalue weighted by Crippen LogP contribution is 2.15. The molecule has 1 amide bonds. The van der Waals surface area contributed by atoms with E-state index < -0.39 is 0 Å². The Morgan fingerprint density at radius 1 is 1.44 bits per heavy atom. The van der Waals surface area contributed by atoms with Crippen LogP contribution in [0.15, 0.2) is 24.3 Å². The van der Waals surface area contributed by atoms with E-state index in [0.29, 0.717) is 13.0 Å². The fraction of sp³-hybridized carbons (Fsp3) is 0.429. The molecule has 0 saturated carbocycles. The predicted octanol–water partition coefficient (Wildman–Crippen LogP) is 2.43. The highest BCUT2D eigenvalue weighted by Gasteiger charge is 2.07. The van der Waals surface area contributed by atoms with E-state index in [1.807, 2.05) is 24.3 Å². The summed E-state index contributed by atoms with van der Waals surface area (Å²) in [4.78, 5) is 11.1. The van der Waals surface area contributed by atoms with E-state index in [4.69, 9.17) is 5.26 Å². The summed E-state index contributed by atoms with van der Waals surface area (Å²) in [6.45, 7) is 4.19. The third-order valence-electron chi connectivity index (χ3n) is 2.74. The third kappa shape index (κ3) is 4.56. The summed E-state index contributed by atoms with van der Waals surface area (Å²) < 4.78 is 0. The second-order valence-electron chi connectivity index (χ2n) is 4.19. The number of hydrogen-bond donors (Lipinski definition) is 2. The lowest BCUT2D eigenvalue weighted by atomic mass is 10.1. The van der Waals surface area contributed by atoms with Crippen LogP contribution in [0.4, 0.5) is 5.69 Å². The summed E-state index contributed by atoms with van der Waals surface area (Å²) in [5.74, 6) is -0.0773. The number of benzene rings is 1. The first kappa shape index (κ1) is 14.2. The van der Waals surface area contributed by atoms with Gasteiger partial charge in [0.2, 0.25) is 5.91 Å². The zero-order chi connectivity index (χ0) is 13.4. The van der Waals surface area contributed by atoms with E-state index >= 15 is 0 Å². The maximum absolute atomic E-state index is 11.1. The predicted molar refractivity (Wildman–Crippen MR) is 71.9 cm³/mol. The molecule has 0 aliphatic carbocycles. The van der Waals surface area contributed by atoms with Crippen LogP contribution in [0.25, 0.3) is 0 Å². The average Bonchev–Trinajstić information content (AvgIpc) is 2.35. The Morgan fingerprint density at radius 3 is 2.78 bits per heavy atom. The standard InChI is InChI=1S/C14H19N3O/c1-3-13(8-9-15)16-10-12-6-4-5-7-14(12)17-11(2)18/h4-7,13,16H,3,8,10H2,1-2H3,(H,17,18). The molecule has 0 aromatic heterocycles. The van der Waals surface area contributed by atoms with Gasteiger partial charge in [-0.1, -0.05) is 25.1 Å². The first-order valence-electron chi connectivity index (χ1n) is 6.13. The van der Waals surface area contributed by atoms with Crippen LogP contribution in [0.2, 0.25) is 0 Å². The summed E-state index contributed by atoms with van der Waals surface area (Å²) in [5, 5.41) is 14.8. The van der Waals surface area contributed by atoms with Gasteiger partial charge in [-0.05, 0) is 18.1 Å². The molecule has 4 heteroatoms. The lowest BCUT2D eigenvalue weighted by molar-refractivity contribution is -0.114. The average molecular weight is 245 g/mol. The largest absolute Gasteiger partial charge is 0.326 e. The molecule has 0 fully saturated rings. The minimum atomic E-state index is -0.0773. The lowest BCUT2D eigenvalue weighted by Gasteiger charge is -2.15. The molecule has 0 aliphatic heterocycles. The van der Waals surface area contributed by atoms with Crippen LogP contribution in [-0.2, 0) is 11.3 Å². The highest BCUT2D eigenvalue weighted by molar-refractivity contribution is 5.89. The molecule has 0 bridgehead atoms. The Hall–Kier alpha value is -1.86. The normalized spacial score (nSPS) is 11.6. The van der Waals surface area contributed by atoms with Crippen molar-refractivity contribution in [2.45, 2.75) is 39.3 Å². The van der Waals surface area contributed by atoms with Gasteiger partial charge in [-0.2, -0.15) is 5.26 Å². The number of carbonyl (C=O) groups is 1. The number of nitriles is 1. The van der Waals surface area contributed by atoms with E-state index in [2.05, 4.69) is 23.6 Å². The van der Waals surface area contributed by atoms with E-state index in [1.165, 1.54) is 6.92 Å². The Balaban J connectivity index is 2.66. The van der Waals surface area contributed by atoms with Gasteiger partial charge in [-0.15, -0.1) is 0 Å². The van der Waals surface area contributed by atoms with Crippen LogP contribution in [0.1, 0.15) is 32.3 Å². The quantitative estimate of drug-likeness (QED) is 0.809. The smallest absolute Gasteiger partial charge is 0.221 e. The number of anilines is 1. The molecule has 2 N–H and O–H groups in total. The number of hydrogen-bond acceptors (Lipinski definition) is 3. The van der Waals surface area contributed by atoms with Gasteiger partial charge in [0.05, 0.1) is 12.5 Å². The highest BCUT2D eigenvalue weighted by atomic mass is 16.1. The molecule has 1 unspecified atom stereocenters. The molecule has 0 radical (unpaired) electrons. The first-order valence-corrected chi connectivity index (χ1v) is 6.13. The van der Waals surface area contributed by atoms with Crippen molar-refractivity contribution in [1.82, 2.24) is 5.32 Å². The van der Waals surface area contributed by atoms with Crippen molar-refractivity contribution in [3.63, 3.8) is 0 Å². The van der Waals surface area contributed by atoms with Crippen molar-refractivity contribution >= 4 is 11.6 Å². The van der Waals surface area contributed by atoms with Crippen molar-refractivity contribution in [3.8, 4) is 6.07 Å². The van der Waals surface area contributed by atoms with Crippen LogP contribution >= 0.6 is 0 Å². The minimum absolute atomic E-state index is 0.0773. The van der Waals surface area contributed by atoms with Gasteiger partial charge in [0.25, 0.3) is 0 Å². The van der Waals surface area contributed by atoms with E-state index in [-0.39, 0.29) is 11.9 Å². The molecule has 96 valence electrons. The Morgan fingerprint density at radius 2 is 2.17 bits per heavy atom. The van der Waals surface area contributed by atoms with Crippen molar-refractivity contribution in [2.75, 3.05) is 5.32 Å². The molecule has 0 aliphatic rings. The maximum atomic E-state index is 11.1. The molecule has 1 aromatic rings. The summed E-state index contributed by atoms with van der Waals surface area (Å²) in [6, 6.07) is 10.0. The van der Waals surface area contributed by atoms with Gasteiger partial charge in [0.1, 0.15) is 0 Å². The van der Waals surface area contributed by atoms with Crippen LogP contribution in [0, 0.1) is 11.3 Å². The fourth-order valence-electron chi connectivity index (χ4n) is 1.71. The Bertz CT molecular complexity index is 437. The first-order chi connectivity index (χ1) is 8.67. The number of amides is 1. The molecule has 0 spiro atoms. The second kappa shape index (κ2) is 7.46. The fourth-order valence-corrected chi connectivity index (χ4v) is 1.71. The number of para-hydroxylation sites is 1. The van der Waals surface area contributed by atoms with E-state index in [1.54, 1.807) is 0 Å². The lowest BCUT2D eigenvalue weighted by Crippen LogP contribution is -2.27. The van der Waals surface area contributed by atoms with Crippen molar-refractivity contribution in [1.29, 1.82) is 5.26 Å². The Kier molecular flexibility index (Phi) is 5.89. The maximum Gasteiger partial charge on any atom is 0.221 e. The molecular formula is C14H19N3O. The molecule has 1 rings (SSSR count). The van der Waals surface area contributed by atoms with Crippen LogP contribution < -0.4 is 10.6 Å². The summed E-state index contributed by atoms with van der Waals surface area (Å²) >= 11 is 0. The molecule has 0 heterocycles. The zero-order valence-corrected chi connectivity index (χ0v) is 10.9. The van der Waals surface area contributed by atoms with Crippen molar-refractivity contribution < 1.29 is 4.79 Å². The zero-order valence-electron chi connectivity index (χ0n) is 10.9. The van der Waals surface area contributed by atoms with Gasteiger partial charge < -0.3 is 10.6 Å². The summed E-state index contributed by atoms with van der Waals surface area (Å²) in [6.07, 6.45) is 1.41.